The second kappa shape index (κ2) is 4.91. The minimum Gasteiger partial charge on any atom is -0.407 e. The Kier molecular flexibility index (Phi) is 3.57. The lowest BCUT2D eigenvalue weighted by molar-refractivity contribution is 0.199. The van der Waals surface area contributed by atoms with Crippen LogP contribution in [0.5, 0.6) is 5.75 Å². The van der Waals surface area contributed by atoms with E-state index in [0.717, 1.165) is 12.1 Å². The molecule has 0 saturated heterocycles. The topological polar surface area (TPSA) is 62.1 Å². The van der Waals surface area contributed by atoms with Gasteiger partial charge in [0, 0.05) is 6.07 Å². The van der Waals surface area contributed by atoms with Crippen molar-refractivity contribution in [2.24, 2.45) is 0 Å². The Labute approximate surface area is 84.1 Å². The summed E-state index contributed by atoms with van der Waals surface area (Å²) >= 11 is 0. The summed E-state index contributed by atoms with van der Waals surface area (Å²) < 4.78 is 29.8. The first-order valence-electron chi connectivity index (χ1n) is 3.91. The highest BCUT2D eigenvalue weighted by atomic mass is 19.1. The van der Waals surface area contributed by atoms with Crippen molar-refractivity contribution >= 4 is 6.09 Å². The SMILES string of the molecule is N#CCNC(=O)Oc1ccc(F)cc1F. The average Bonchev–Trinajstić information content (AvgIpc) is 2.19. The van der Waals surface area contributed by atoms with Crippen molar-refractivity contribution in [3.05, 3.63) is 29.8 Å². The Morgan fingerprint density at radius 1 is 1.53 bits per heavy atom. The first kappa shape index (κ1) is 10.9. The van der Waals surface area contributed by atoms with Crippen molar-refractivity contribution < 1.29 is 18.3 Å². The summed E-state index contributed by atoms with van der Waals surface area (Å²) in [5.41, 5.74) is 0. The molecule has 0 aliphatic carbocycles. The molecule has 0 spiro atoms. The molecule has 0 aliphatic heterocycles. The number of ether oxygens (including phenoxy) is 1. The van der Waals surface area contributed by atoms with Gasteiger partial charge in [-0.15, -0.1) is 0 Å². The zero-order valence-corrected chi connectivity index (χ0v) is 7.46. The van der Waals surface area contributed by atoms with Gasteiger partial charge < -0.3 is 10.1 Å². The Balaban J connectivity index is 2.65. The summed E-state index contributed by atoms with van der Waals surface area (Å²) in [4.78, 5) is 10.9. The maximum absolute atomic E-state index is 12.9. The van der Waals surface area contributed by atoms with E-state index in [2.05, 4.69) is 4.74 Å². The van der Waals surface area contributed by atoms with E-state index in [1.54, 1.807) is 6.07 Å². The van der Waals surface area contributed by atoms with Crippen molar-refractivity contribution in [2.45, 2.75) is 0 Å². The van der Waals surface area contributed by atoms with E-state index in [1.807, 2.05) is 5.32 Å². The molecule has 0 bridgehead atoms. The molecular formula is C9H6F2N2O2. The number of nitrogens with one attached hydrogen (secondary N) is 1. The average molecular weight is 212 g/mol. The van der Waals surface area contributed by atoms with Crippen LogP contribution in [0, 0.1) is 23.0 Å². The predicted molar refractivity (Wildman–Crippen MR) is 46.0 cm³/mol. The lowest BCUT2D eigenvalue weighted by atomic mass is 10.3. The van der Waals surface area contributed by atoms with Gasteiger partial charge in [0.2, 0.25) is 0 Å². The zero-order valence-electron chi connectivity index (χ0n) is 7.46. The number of nitrogens with zero attached hydrogens (tertiary/aromatic N) is 1. The molecular weight excluding hydrogens is 206 g/mol. The first-order valence-corrected chi connectivity index (χ1v) is 3.91. The van der Waals surface area contributed by atoms with E-state index >= 15 is 0 Å². The zero-order chi connectivity index (χ0) is 11.3. The van der Waals surface area contributed by atoms with Gasteiger partial charge in [0.05, 0.1) is 6.07 Å². The van der Waals surface area contributed by atoms with Gasteiger partial charge >= 0.3 is 6.09 Å². The summed E-state index contributed by atoms with van der Waals surface area (Å²) in [6.07, 6.45) is -0.970. The van der Waals surface area contributed by atoms with Gasteiger partial charge in [-0.2, -0.15) is 5.26 Å². The molecule has 0 atom stereocenters. The van der Waals surface area contributed by atoms with Crippen LogP contribution >= 0.6 is 0 Å². The van der Waals surface area contributed by atoms with Crippen LogP contribution < -0.4 is 10.1 Å². The molecule has 15 heavy (non-hydrogen) atoms. The molecule has 1 rings (SSSR count). The van der Waals surface area contributed by atoms with E-state index in [0.29, 0.717) is 6.07 Å². The third-order valence-electron chi connectivity index (χ3n) is 1.41. The van der Waals surface area contributed by atoms with Crippen molar-refractivity contribution in [3.63, 3.8) is 0 Å². The molecule has 4 nitrogen and oxygen atoms in total. The van der Waals surface area contributed by atoms with E-state index in [1.165, 1.54) is 0 Å². The number of hydrogen-bond donors (Lipinski definition) is 1. The number of carbonyl (C=O) groups excluding carboxylic acids is 1. The Hall–Kier alpha value is -2.16. The van der Waals surface area contributed by atoms with Crippen LogP contribution in [0.15, 0.2) is 18.2 Å². The highest BCUT2D eigenvalue weighted by molar-refractivity contribution is 5.70. The lowest BCUT2D eigenvalue weighted by Crippen LogP contribution is -2.27. The number of carbonyl (C=O) groups is 1. The lowest BCUT2D eigenvalue weighted by Gasteiger charge is -2.04. The largest absolute Gasteiger partial charge is 0.413 e. The van der Waals surface area contributed by atoms with Crippen molar-refractivity contribution in [1.29, 1.82) is 5.26 Å². The molecule has 0 heterocycles. The van der Waals surface area contributed by atoms with Gasteiger partial charge in [-0.1, -0.05) is 0 Å². The van der Waals surface area contributed by atoms with E-state index < -0.39 is 23.5 Å². The van der Waals surface area contributed by atoms with Crippen LogP contribution in [-0.2, 0) is 0 Å². The normalized spacial score (nSPS) is 9.13. The smallest absolute Gasteiger partial charge is 0.407 e. The predicted octanol–water partition coefficient (Wildman–Crippen LogP) is 1.58. The molecule has 0 aromatic heterocycles. The summed E-state index contributed by atoms with van der Waals surface area (Å²) in [6, 6.07) is 4.17. The number of amides is 1. The monoisotopic (exact) mass is 212 g/mol. The molecule has 0 unspecified atom stereocenters. The van der Waals surface area contributed by atoms with Gasteiger partial charge in [0.15, 0.2) is 11.6 Å². The maximum Gasteiger partial charge on any atom is 0.413 e. The van der Waals surface area contributed by atoms with E-state index in [4.69, 9.17) is 5.26 Å². The van der Waals surface area contributed by atoms with Gasteiger partial charge in [-0.25, -0.2) is 13.6 Å². The van der Waals surface area contributed by atoms with Crippen molar-refractivity contribution in [1.82, 2.24) is 5.32 Å². The van der Waals surface area contributed by atoms with Crippen LogP contribution in [-0.4, -0.2) is 12.6 Å². The van der Waals surface area contributed by atoms with Gasteiger partial charge in [0.1, 0.15) is 12.4 Å². The van der Waals surface area contributed by atoms with Crippen LogP contribution in [0.3, 0.4) is 0 Å². The van der Waals surface area contributed by atoms with Crippen molar-refractivity contribution in [3.8, 4) is 11.8 Å². The number of rotatable bonds is 2. The highest BCUT2D eigenvalue weighted by Gasteiger charge is 2.09. The third-order valence-corrected chi connectivity index (χ3v) is 1.41. The molecule has 0 saturated carbocycles. The van der Waals surface area contributed by atoms with Gasteiger partial charge in [0.25, 0.3) is 0 Å². The fourth-order valence-electron chi connectivity index (χ4n) is 0.806. The maximum atomic E-state index is 12.9. The second-order valence-corrected chi connectivity index (χ2v) is 2.48. The van der Waals surface area contributed by atoms with E-state index in [-0.39, 0.29) is 6.54 Å². The summed E-state index contributed by atoms with van der Waals surface area (Å²) in [6.45, 7) is -0.248. The third kappa shape index (κ3) is 3.23. The summed E-state index contributed by atoms with van der Waals surface area (Å²) in [5, 5.41) is 10.2. The van der Waals surface area contributed by atoms with Crippen LogP contribution in [0.4, 0.5) is 13.6 Å². The fourth-order valence-corrected chi connectivity index (χ4v) is 0.806. The minimum atomic E-state index is -0.984. The first-order chi connectivity index (χ1) is 7.13. The molecule has 1 amide bonds. The quantitative estimate of drug-likeness (QED) is 0.757. The van der Waals surface area contributed by atoms with Gasteiger partial charge in [-0.3, -0.25) is 0 Å². The summed E-state index contributed by atoms with van der Waals surface area (Å²) in [5.74, 6) is -2.15. The Morgan fingerprint density at radius 3 is 2.87 bits per heavy atom. The molecule has 6 heteroatoms. The molecule has 1 aromatic rings. The molecule has 1 aromatic carbocycles. The Bertz CT molecular complexity index is 415. The second-order valence-electron chi connectivity index (χ2n) is 2.48. The number of nitriles is 1. The standard InChI is InChI=1S/C9H6F2N2O2/c10-6-1-2-8(7(11)5-6)15-9(14)13-4-3-12/h1-2,5H,4H2,(H,13,14). The highest BCUT2D eigenvalue weighted by Crippen LogP contribution is 2.17. The number of halogens is 2. The minimum absolute atomic E-state index is 0.248. The van der Waals surface area contributed by atoms with Crippen LogP contribution in [0.2, 0.25) is 0 Å². The van der Waals surface area contributed by atoms with E-state index in [9.17, 15) is 13.6 Å². The summed E-state index contributed by atoms with van der Waals surface area (Å²) in [7, 11) is 0. The molecule has 0 aliphatic rings. The fraction of sp³-hybridized carbons (Fsp3) is 0.111. The number of benzene rings is 1. The molecule has 1 N–H and O–H groups in total. The Morgan fingerprint density at radius 2 is 2.27 bits per heavy atom. The van der Waals surface area contributed by atoms with Gasteiger partial charge in [-0.05, 0) is 12.1 Å². The number of hydrogen-bond acceptors (Lipinski definition) is 3. The van der Waals surface area contributed by atoms with Crippen LogP contribution in [0.25, 0.3) is 0 Å². The molecule has 78 valence electrons. The van der Waals surface area contributed by atoms with Crippen LogP contribution in [0.1, 0.15) is 0 Å². The van der Waals surface area contributed by atoms with Crippen molar-refractivity contribution in [2.75, 3.05) is 6.54 Å². The molecule has 0 fully saturated rings. The molecule has 0 radical (unpaired) electrons.